The van der Waals surface area contributed by atoms with Crippen molar-refractivity contribution in [2.24, 2.45) is 0 Å². The van der Waals surface area contributed by atoms with E-state index < -0.39 is 0 Å². The van der Waals surface area contributed by atoms with Gasteiger partial charge in [-0.15, -0.1) is 0 Å². The van der Waals surface area contributed by atoms with Crippen LogP contribution in [0.2, 0.25) is 0 Å². The molecule has 0 N–H and O–H groups in total. The Hall–Kier alpha value is -1.89. The molecule has 0 aliphatic rings. The highest BCUT2D eigenvalue weighted by atomic mass is 16.1. The van der Waals surface area contributed by atoms with E-state index in [9.17, 15) is 4.79 Å². The number of carbonyl (C=O) groups excluding carboxylic acids is 1. The average molecular weight is 381 g/mol. The standard InChI is InChI=1S/C14H20O.C13H20/c1-2-3-4-5-6-7-13-8-10-14(12-15)11-9-13;1-2-3-4-5-7-10-13-11-8-6-9-12-13/h8-12H,2-7H2,1H3;6,8-9,11-12H,2-5,7,10H2,1H3. The Balaban J connectivity index is 0.000000283. The summed E-state index contributed by atoms with van der Waals surface area (Å²) < 4.78 is 0. The number of hydrogen-bond donors (Lipinski definition) is 0. The molecule has 0 aliphatic carbocycles. The van der Waals surface area contributed by atoms with Crippen LogP contribution in [0.1, 0.15) is 99.5 Å². The van der Waals surface area contributed by atoms with Gasteiger partial charge in [-0.2, -0.15) is 0 Å². The molecular weight excluding hydrogens is 340 g/mol. The SMILES string of the molecule is CCCCCCCc1ccc(C=O)cc1.CCCCCCCc1ccccc1. The summed E-state index contributed by atoms with van der Waals surface area (Å²) in [6.07, 6.45) is 16.8. The maximum Gasteiger partial charge on any atom is 0.150 e. The third-order valence-corrected chi connectivity index (χ3v) is 5.10. The maximum absolute atomic E-state index is 10.5. The minimum absolute atomic E-state index is 0.768. The van der Waals surface area contributed by atoms with Gasteiger partial charge in [-0.1, -0.05) is 120 Å². The summed E-state index contributed by atoms with van der Waals surface area (Å²) in [5.41, 5.74) is 3.60. The van der Waals surface area contributed by atoms with E-state index in [-0.39, 0.29) is 0 Å². The van der Waals surface area contributed by atoms with Gasteiger partial charge in [-0.3, -0.25) is 4.79 Å². The monoisotopic (exact) mass is 380 g/mol. The van der Waals surface area contributed by atoms with Crippen LogP contribution in [0.4, 0.5) is 0 Å². The molecule has 0 radical (unpaired) electrons. The fraction of sp³-hybridized carbons (Fsp3) is 0.519. The van der Waals surface area contributed by atoms with Crippen molar-refractivity contribution >= 4 is 6.29 Å². The molecule has 0 unspecified atom stereocenters. The van der Waals surface area contributed by atoms with Crippen LogP contribution in [0.25, 0.3) is 0 Å². The topological polar surface area (TPSA) is 17.1 Å². The van der Waals surface area contributed by atoms with Gasteiger partial charge in [-0.05, 0) is 36.8 Å². The first-order chi connectivity index (χ1) is 13.8. The average Bonchev–Trinajstić information content (AvgIpc) is 2.75. The number of carbonyl (C=O) groups is 1. The van der Waals surface area contributed by atoms with Gasteiger partial charge >= 0.3 is 0 Å². The van der Waals surface area contributed by atoms with Gasteiger partial charge in [0.05, 0.1) is 0 Å². The van der Waals surface area contributed by atoms with Crippen molar-refractivity contribution in [2.75, 3.05) is 0 Å². The van der Waals surface area contributed by atoms with Gasteiger partial charge in [0.25, 0.3) is 0 Å². The summed E-state index contributed by atoms with van der Waals surface area (Å²) in [5, 5.41) is 0. The summed E-state index contributed by atoms with van der Waals surface area (Å²) in [7, 11) is 0. The van der Waals surface area contributed by atoms with Crippen LogP contribution in [-0.4, -0.2) is 6.29 Å². The number of benzene rings is 2. The Labute approximate surface area is 173 Å². The smallest absolute Gasteiger partial charge is 0.150 e. The van der Waals surface area contributed by atoms with E-state index in [1.165, 1.54) is 81.8 Å². The van der Waals surface area contributed by atoms with E-state index in [1.807, 2.05) is 12.1 Å². The van der Waals surface area contributed by atoms with Crippen LogP contribution in [0.3, 0.4) is 0 Å². The number of rotatable bonds is 13. The largest absolute Gasteiger partial charge is 0.298 e. The number of aldehydes is 1. The Morgan fingerprint density at radius 2 is 1.04 bits per heavy atom. The third-order valence-electron chi connectivity index (χ3n) is 5.10. The van der Waals surface area contributed by atoms with E-state index in [0.29, 0.717) is 0 Å². The highest BCUT2D eigenvalue weighted by Gasteiger charge is 1.95. The lowest BCUT2D eigenvalue weighted by Crippen LogP contribution is -1.87. The van der Waals surface area contributed by atoms with Crippen molar-refractivity contribution in [3.05, 3.63) is 71.3 Å². The van der Waals surface area contributed by atoms with Crippen molar-refractivity contribution in [1.29, 1.82) is 0 Å². The molecule has 0 spiro atoms. The molecule has 0 fully saturated rings. The predicted octanol–water partition coefficient (Wildman–Crippen LogP) is 8.21. The zero-order valence-corrected chi connectivity index (χ0v) is 18.2. The molecule has 0 heterocycles. The zero-order valence-electron chi connectivity index (χ0n) is 18.2. The van der Waals surface area contributed by atoms with E-state index in [1.54, 1.807) is 0 Å². The molecule has 2 aromatic rings. The summed E-state index contributed by atoms with van der Waals surface area (Å²) >= 11 is 0. The van der Waals surface area contributed by atoms with Crippen LogP contribution in [-0.2, 0) is 12.8 Å². The molecule has 0 saturated heterocycles. The maximum atomic E-state index is 10.5. The van der Waals surface area contributed by atoms with Gasteiger partial charge in [0.2, 0.25) is 0 Å². The van der Waals surface area contributed by atoms with Crippen molar-refractivity contribution in [3.63, 3.8) is 0 Å². The van der Waals surface area contributed by atoms with Crippen LogP contribution in [0.15, 0.2) is 54.6 Å². The number of aryl methyl sites for hydroxylation is 2. The van der Waals surface area contributed by atoms with Gasteiger partial charge in [0.1, 0.15) is 6.29 Å². The first kappa shape index (κ1) is 24.1. The Morgan fingerprint density at radius 1 is 0.571 bits per heavy atom. The molecule has 28 heavy (non-hydrogen) atoms. The highest BCUT2D eigenvalue weighted by Crippen LogP contribution is 2.10. The Bertz CT molecular complexity index is 585. The summed E-state index contributed by atoms with van der Waals surface area (Å²) in [4.78, 5) is 10.5. The lowest BCUT2D eigenvalue weighted by Gasteiger charge is -2.01. The van der Waals surface area contributed by atoms with E-state index in [0.717, 1.165) is 18.3 Å². The quantitative estimate of drug-likeness (QED) is 0.253. The molecule has 0 atom stereocenters. The van der Waals surface area contributed by atoms with Crippen molar-refractivity contribution < 1.29 is 4.79 Å². The molecule has 2 rings (SSSR count). The molecule has 1 heteroatoms. The lowest BCUT2D eigenvalue weighted by atomic mass is 10.0. The second-order valence-corrected chi connectivity index (χ2v) is 7.67. The van der Waals surface area contributed by atoms with E-state index >= 15 is 0 Å². The van der Waals surface area contributed by atoms with Crippen LogP contribution in [0, 0.1) is 0 Å². The second-order valence-electron chi connectivity index (χ2n) is 7.67. The van der Waals surface area contributed by atoms with Crippen LogP contribution < -0.4 is 0 Å². The zero-order chi connectivity index (χ0) is 20.3. The first-order valence-electron chi connectivity index (χ1n) is 11.4. The minimum Gasteiger partial charge on any atom is -0.298 e. The van der Waals surface area contributed by atoms with E-state index in [2.05, 4.69) is 56.3 Å². The Morgan fingerprint density at radius 3 is 1.50 bits per heavy atom. The van der Waals surface area contributed by atoms with Crippen molar-refractivity contribution in [1.82, 2.24) is 0 Å². The molecule has 0 bridgehead atoms. The third kappa shape index (κ3) is 12.5. The van der Waals surface area contributed by atoms with Crippen molar-refractivity contribution in [2.45, 2.75) is 90.9 Å². The first-order valence-corrected chi connectivity index (χ1v) is 11.4. The summed E-state index contributed by atoms with van der Waals surface area (Å²) in [5.74, 6) is 0. The predicted molar refractivity (Wildman–Crippen MR) is 123 cm³/mol. The summed E-state index contributed by atoms with van der Waals surface area (Å²) in [6, 6.07) is 18.7. The number of hydrogen-bond acceptors (Lipinski definition) is 1. The molecule has 154 valence electrons. The second kappa shape index (κ2) is 17.2. The molecule has 1 nitrogen and oxygen atoms in total. The van der Waals surface area contributed by atoms with Crippen molar-refractivity contribution in [3.8, 4) is 0 Å². The van der Waals surface area contributed by atoms with Gasteiger partial charge in [0, 0.05) is 5.56 Å². The highest BCUT2D eigenvalue weighted by molar-refractivity contribution is 5.74. The van der Waals surface area contributed by atoms with Crippen LogP contribution >= 0.6 is 0 Å². The lowest BCUT2D eigenvalue weighted by molar-refractivity contribution is 0.112. The molecule has 0 aliphatic heterocycles. The normalized spacial score (nSPS) is 10.2. The molecule has 0 amide bonds. The minimum atomic E-state index is 0.768. The molecule has 0 saturated carbocycles. The fourth-order valence-electron chi connectivity index (χ4n) is 3.27. The number of unbranched alkanes of at least 4 members (excludes halogenated alkanes) is 8. The van der Waals surface area contributed by atoms with Gasteiger partial charge < -0.3 is 0 Å². The molecule has 0 aromatic heterocycles. The summed E-state index contributed by atoms with van der Waals surface area (Å²) in [6.45, 7) is 4.50. The molecule has 2 aromatic carbocycles. The Kier molecular flexibility index (Phi) is 14.9. The van der Waals surface area contributed by atoms with Gasteiger partial charge in [-0.25, -0.2) is 0 Å². The van der Waals surface area contributed by atoms with Gasteiger partial charge in [0.15, 0.2) is 0 Å². The fourth-order valence-corrected chi connectivity index (χ4v) is 3.27. The molecular formula is C27H40O. The van der Waals surface area contributed by atoms with Crippen LogP contribution in [0.5, 0.6) is 0 Å². The van der Waals surface area contributed by atoms with E-state index in [4.69, 9.17) is 0 Å².